The summed E-state index contributed by atoms with van der Waals surface area (Å²) in [7, 11) is 1.88. The summed E-state index contributed by atoms with van der Waals surface area (Å²) in [5.41, 5.74) is 0.839. The maximum Gasteiger partial charge on any atom is 0.573 e. The summed E-state index contributed by atoms with van der Waals surface area (Å²) < 4.78 is 46.4. The van der Waals surface area contributed by atoms with Gasteiger partial charge in [0.15, 0.2) is 0 Å². The van der Waals surface area contributed by atoms with Crippen molar-refractivity contribution < 1.29 is 27.4 Å². The molecule has 166 valence electrons. The van der Waals surface area contributed by atoms with Gasteiger partial charge in [0.1, 0.15) is 5.75 Å². The van der Waals surface area contributed by atoms with E-state index in [1.807, 2.05) is 11.9 Å². The van der Waals surface area contributed by atoms with Crippen LogP contribution in [0.25, 0.3) is 0 Å². The van der Waals surface area contributed by atoms with Crippen molar-refractivity contribution in [3.63, 3.8) is 0 Å². The number of nitrogens with zero attached hydrogens (tertiary/aromatic N) is 3. The number of likely N-dealkylation sites (N-methyl/N-ethyl adjacent to an activating group) is 1. The second-order valence-electron chi connectivity index (χ2n) is 8.54. The first-order valence-electron chi connectivity index (χ1n) is 10.4. The van der Waals surface area contributed by atoms with Crippen LogP contribution in [0.3, 0.4) is 0 Å². The summed E-state index contributed by atoms with van der Waals surface area (Å²) in [4.78, 5) is 19.1. The van der Waals surface area contributed by atoms with Crippen LogP contribution >= 0.6 is 0 Å². The number of likely N-dealkylation sites (tertiary alicyclic amines) is 1. The highest BCUT2D eigenvalue weighted by molar-refractivity contribution is 5.78. The maximum absolute atomic E-state index is 12.9. The molecule has 0 N–H and O–H groups in total. The summed E-state index contributed by atoms with van der Waals surface area (Å²) in [5, 5.41) is 0. The van der Waals surface area contributed by atoms with Gasteiger partial charge in [0, 0.05) is 52.5 Å². The van der Waals surface area contributed by atoms with Gasteiger partial charge >= 0.3 is 12.4 Å². The molecular weight excluding hydrogens is 399 g/mol. The molecule has 3 aliphatic rings. The Bertz CT molecular complexity index is 742. The standard InChI is InChI=1S/C21H28F3N3O3/c1-25-15-20(8-12-29-13-9-20)27(19(25)28)17-6-10-26(11-7-17)14-16-2-4-18(5-3-16)30-21(22,23)24/h2-5,17H,6-15H2,1H3. The lowest BCUT2D eigenvalue weighted by molar-refractivity contribution is -0.274. The molecule has 30 heavy (non-hydrogen) atoms. The molecule has 0 bridgehead atoms. The molecule has 0 aliphatic carbocycles. The van der Waals surface area contributed by atoms with Crippen LogP contribution in [0.2, 0.25) is 0 Å². The van der Waals surface area contributed by atoms with Gasteiger partial charge in [-0.1, -0.05) is 12.1 Å². The van der Waals surface area contributed by atoms with Gasteiger partial charge in [-0.05, 0) is 43.4 Å². The fourth-order valence-electron chi connectivity index (χ4n) is 5.06. The van der Waals surface area contributed by atoms with Crippen LogP contribution in [0, 0.1) is 0 Å². The molecule has 3 heterocycles. The molecule has 0 saturated carbocycles. The quantitative estimate of drug-likeness (QED) is 0.738. The van der Waals surface area contributed by atoms with Crippen LogP contribution in [0.5, 0.6) is 5.75 Å². The third-order valence-corrected chi connectivity index (χ3v) is 6.48. The zero-order valence-corrected chi connectivity index (χ0v) is 17.2. The largest absolute Gasteiger partial charge is 0.573 e. The van der Waals surface area contributed by atoms with Crippen molar-refractivity contribution >= 4 is 6.03 Å². The Morgan fingerprint density at radius 2 is 1.77 bits per heavy atom. The van der Waals surface area contributed by atoms with Crippen molar-refractivity contribution in [3.8, 4) is 5.75 Å². The average Bonchev–Trinajstić information content (AvgIpc) is 2.93. The maximum atomic E-state index is 12.9. The van der Waals surface area contributed by atoms with Gasteiger partial charge in [-0.3, -0.25) is 4.90 Å². The van der Waals surface area contributed by atoms with Crippen molar-refractivity contribution in [2.45, 2.75) is 50.2 Å². The predicted octanol–water partition coefficient (Wildman–Crippen LogP) is 3.47. The van der Waals surface area contributed by atoms with E-state index < -0.39 is 6.36 Å². The number of amides is 2. The first kappa shape index (κ1) is 21.2. The smallest absolute Gasteiger partial charge is 0.406 e. The molecule has 1 spiro atoms. The van der Waals surface area contributed by atoms with Gasteiger partial charge in [-0.25, -0.2) is 4.79 Å². The molecule has 3 fully saturated rings. The molecule has 3 saturated heterocycles. The van der Waals surface area contributed by atoms with E-state index in [1.54, 1.807) is 12.1 Å². The van der Waals surface area contributed by atoms with E-state index in [0.29, 0.717) is 19.8 Å². The second kappa shape index (κ2) is 8.26. The number of benzene rings is 1. The average molecular weight is 427 g/mol. The van der Waals surface area contributed by atoms with Crippen LogP contribution in [-0.2, 0) is 11.3 Å². The highest BCUT2D eigenvalue weighted by Crippen LogP contribution is 2.38. The van der Waals surface area contributed by atoms with E-state index in [-0.39, 0.29) is 23.4 Å². The molecule has 9 heteroatoms. The molecule has 0 aromatic heterocycles. The number of urea groups is 1. The van der Waals surface area contributed by atoms with E-state index >= 15 is 0 Å². The van der Waals surface area contributed by atoms with Gasteiger partial charge in [0.2, 0.25) is 0 Å². The highest BCUT2D eigenvalue weighted by Gasteiger charge is 2.51. The number of halogens is 3. The lowest BCUT2D eigenvalue weighted by Gasteiger charge is -2.46. The first-order valence-corrected chi connectivity index (χ1v) is 10.4. The van der Waals surface area contributed by atoms with E-state index in [9.17, 15) is 18.0 Å². The molecule has 0 atom stereocenters. The Kier molecular flexibility index (Phi) is 5.85. The summed E-state index contributed by atoms with van der Waals surface area (Å²) in [5.74, 6) is -0.205. The predicted molar refractivity (Wildman–Crippen MR) is 104 cm³/mol. The normalized spacial score (nSPS) is 23.4. The molecule has 2 amide bonds. The molecule has 1 aromatic rings. The molecule has 0 unspecified atom stereocenters. The third kappa shape index (κ3) is 4.51. The minimum Gasteiger partial charge on any atom is -0.406 e. The Hall–Kier alpha value is -2.00. The lowest BCUT2D eigenvalue weighted by atomic mass is 9.86. The van der Waals surface area contributed by atoms with Crippen molar-refractivity contribution in [1.29, 1.82) is 0 Å². The Morgan fingerprint density at radius 1 is 1.13 bits per heavy atom. The van der Waals surface area contributed by atoms with Crippen molar-refractivity contribution in [2.75, 3.05) is 39.9 Å². The van der Waals surface area contributed by atoms with Gasteiger partial charge in [0.25, 0.3) is 0 Å². The number of carbonyl (C=O) groups is 1. The second-order valence-corrected chi connectivity index (χ2v) is 8.54. The summed E-state index contributed by atoms with van der Waals surface area (Å²) in [6.45, 7) is 4.54. The minimum absolute atomic E-state index is 0.106. The SMILES string of the molecule is CN1CC2(CCOCC2)N(C2CCN(Cc3ccc(OC(F)(F)F)cc3)CC2)C1=O. The van der Waals surface area contributed by atoms with E-state index in [4.69, 9.17) is 4.74 Å². The van der Waals surface area contributed by atoms with Crippen molar-refractivity contribution in [2.24, 2.45) is 0 Å². The van der Waals surface area contributed by atoms with E-state index in [2.05, 4.69) is 14.5 Å². The zero-order valence-electron chi connectivity index (χ0n) is 17.2. The number of piperidine rings is 1. The van der Waals surface area contributed by atoms with Crippen LogP contribution in [0.4, 0.5) is 18.0 Å². The Labute approximate surface area is 174 Å². The Morgan fingerprint density at radius 3 is 2.37 bits per heavy atom. The van der Waals surface area contributed by atoms with Crippen LogP contribution in [0.1, 0.15) is 31.2 Å². The van der Waals surface area contributed by atoms with Crippen LogP contribution in [0.15, 0.2) is 24.3 Å². The lowest BCUT2D eigenvalue weighted by Crippen LogP contribution is -2.57. The molecule has 4 rings (SSSR count). The number of alkyl halides is 3. The third-order valence-electron chi connectivity index (χ3n) is 6.48. The molecule has 3 aliphatic heterocycles. The van der Waals surface area contributed by atoms with Crippen molar-refractivity contribution in [3.05, 3.63) is 29.8 Å². The van der Waals surface area contributed by atoms with Gasteiger partial charge in [0.05, 0.1) is 5.54 Å². The van der Waals surface area contributed by atoms with Crippen LogP contribution in [-0.4, -0.2) is 78.6 Å². The van der Waals surface area contributed by atoms with Crippen LogP contribution < -0.4 is 4.74 Å². The monoisotopic (exact) mass is 427 g/mol. The number of ether oxygens (including phenoxy) is 2. The summed E-state index contributed by atoms with van der Waals surface area (Å²) in [6.07, 6.45) is -1.10. The summed E-state index contributed by atoms with van der Waals surface area (Å²) >= 11 is 0. The molecule has 0 radical (unpaired) electrons. The fourth-order valence-corrected chi connectivity index (χ4v) is 5.06. The highest BCUT2D eigenvalue weighted by atomic mass is 19.4. The number of hydrogen-bond acceptors (Lipinski definition) is 4. The molecule has 6 nitrogen and oxygen atoms in total. The Balaban J connectivity index is 1.34. The van der Waals surface area contributed by atoms with Gasteiger partial charge < -0.3 is 19.3 Å². The fraction of sp³-hybridized carbons (Fsp3) is 0.667. The molecular formula is C21H28F3N3O3. The van der Waals surface area contributed by atoms with Gasteiger partial charge in [-0.15, -0.1) is 13.2 Å². The van der Waals surface area contributed by atoms with E-state index in [0.717, 1.165) is 50.9 Å². The topological polar surface area (TPSA) is 45.2 Å². The van der Waals surface area contributed by atoms with Gasteiger partial charge in [-0.2, -0.15) is 0 Å². The zero-order chi connectivity index (χ0) is 21.4. The summed E-state index contributed by atoms with van der Waals surface area (Å²) in [6, 6.07) is 6.38. The number of carbonyl (C=O) groups excluding carboxylic acids is 1. The first-order chi connectivity index (χ1) is 14.3. The number of hydrogen-bond donors (Lipinski definition) is 0. The number of rotatable bonds is 4. The van der Waals surface area contributed by atoms with Crippen molar-refractivity contribution in [1.82, 2.24) is 14.7 Å². The van der Waals surface area contributed by atoms with E-state index in [1.165, 1.54) is 12.1 Å². The molecule has 1 aromatic carbocycles. The minimum atomic E-state index is -4.67.